The van der Waals surface area contributed by atoms with Crippen LogP contribution in [0.3, 0.4) is 0 Å². The molecule has 0 spiro atoms. The summed E-state index contributed by atoms with van der Waals surface area (Å²) in [6.45, 7) is 0. The molecule has 2 aromatic rings. The molecule has 0 saturated carbocycles. The first-order valence-corrected chi connectivity index (χ1v) is 6.14. The maximum absolute atomic E-state index is 12.2. The number of fused-ring (bicyclic) bond motifs is 1. The summed E-state index contributed by atoms with van der Waals surface area (Å²) < 4.78 is 0. The Morgan fingerprint density at radius 3 is 2.62 bits per heavy atom. The number of aromatic nitrogens is 1. The first kappa shape index (κ1) is 14.4. The van der Waals surface area contributed by atoms with Gasteiger partial charge in [-0.2, -0.15) is 0 Å². The summed E-state index contributed by atoms with van der Waals surface area (Å²) in [7, 11) is 0. The van der Waals surface area contributed by atoms with Crippen LogP contribution >= 0.6 is 0 Å². The Balaban J connectivity index is 2.29. The third kappa shape index (κ3) is 3.33. The fourth-order valence-electron chi connectivity index (χ4n) is 1.93. The highest BCUT2D eigenvalue weighted by atomic mass is 16.4. The van der Waals surface area contributed by atoms with Gasteiger partial charge in [0.1, 0.15) is 6.04 Å². The molecule has 0 unspecified atom stereocenters. The van der Waals surface area contributed by atoms with Gasteiger partial charge in [-0.15, -0.1) is 0 Å². The van der Waals surface area contributed by atoms with E-state index in [0.29, 0.717) is 16.5 Å². The van der Waals surface area contributed by atoms with E-state index >= 15 is 0 Å². The van der Waals surface area contributed by atoms with Crippen molar-refractivity contribution in [1.29, 1.82) is 0 Å². The van der Waals surface area contributed by atoms with E-state index in [1.165, 1.54) is 12.3 Å². The number of hydrogen-bond acceptors (Lipinski definition) is 4. The lowest BCUT2D eigenvalue weighted by molar-refractivity contribution is -0.139. The molecule has 1 aromatic heterocycles. The minimum absolute atomic E-state index is 0.303. The number of nitrogens with two attached hydrogens (primary N) is 1. The molecule has 7 heteroatoms. The molecule has 0 aliphatic rings. The van der Waals surface area contributed by atoms with Gasteiger partial charge in [0.25, 0.3) is 5.91 Å². The van der Waals surface area contributed by atoms with E-state index < -0.39 is 30.2 Å². The number of nitrogens with one attached hydrogen (secondary N) is 1. The van der Waals surface area contributed by atoms with Gasteiger partial charge in [-0.1, -0.05) is 18.2 Å². The molecule has 21 heavy (non-hydrogen) atoms. The van der Waals surface area contributed by atoms with Crippen LogP contribution in [0.1, 0.15) is 16.8 Å². The summed E-state index contributed by atoms with van der Waals surface area (Å²) in [5.41, 5.74) is 6.02. The van der Waals surface area contributed by atoms with E-state index in [1.54, 1.807) is 24.3 Å². The Morgan fingerprint density at radius 1 is 1.24 bits per heavy atom. The number of carbonyl (C=O) groups excluding carboxylic acids is 2. The van der Waals surface area contributed by atoms with Crippen molar-refractivity contribution in [3.8, 4) is 0 Å². The molecule has 0 aliphatic heterocycles. The summed E-state index contributed by atoms with van der Waals surface area (Å²) in [4.78, 5) is 38.2. The van der Waals surface area contributed by atoms with Crippen molar-refractivity contribution in [1.82, 2.24) is 10.3 Å². The average Bonchev–Trinajstić information content (AvgIpc) is 2.45. The van der Waals surface area contributed by atoms with Crippen LogP contribution in [0.2, 0.25) is 0 Å². The third-order valence-electron chi connectivity index (χ3n) is 2.92. The number of amides is 2. The Labute approximate surface area is 119 Å². The Bertz CT molecular complexity index is 709. The quantitative estimate of drug-likeness (QED) is 0.729. The second-order valence-corrected chi connectivity index (χ2v) is 4.40. The maximum atomic E-state index is 12.2. The zero-order valence-electron chi connectivity index (χ0n) is 10.9. The first-order chi connectivity index (χ1) is 9.99. The highest BCUT2D eigenvalue weighted by Gasteiger charge is 2.22. The zero-order chi connectivity index (χ0) is 15.4. The summed E-state index contributed by atoms with van der Waals surface area (Å²) in [6, 6.07) is 7.23. The maximum Gasteiger partial charge on any atom is 0.305 e. The van der Waals surface area contributed by atoms with Gasteiger partial charge in [0.2, 0.25) is 5.91 Å². The molecule has 2 rings (SSSR count). The van der Waals surface area contributed by atoms with Gasteiger partial charge in [0, 0.05) is 11.6 Å². The van der Waals surface area contributed by atoms with Crippen molar-refractivity contribution in [2.75, 3.05) is 0 Å². The SMILES string of the molecule is NC(=O)[C@@H](CC(=O)O)NC(=O)c1ccnc2ccccc12. The van der Waals surface area contributed by atoms with Gasteiger partial charge in [-0.05, 0) is 12.1 Å². The molecule has 0 aliphatic carbocycles. The molecule has 0 saturated heterocycles. The summed E-state index contributed by atoms with van der Waals surface area (Å²) in [5.74, 6) is -2.69. The number of para-hydroxylation sites is 1. The molecule has 4 N–H and O–H groups in total. The van der Waals surface area contributed by atoms with Crippen LogP contribution in [-0.2, 0) is 9.59 Å². The van der Waals surface area contributed by atoms with Crippen LogP contribution in [0.5, 0.6) is 0 Å². The lowest BCUT2D eigenvalue weighted by Gasteiger charge is -2.14. The predicted octanol–water partition coefficient (Wildman–Crippen LogP) is 0.293. The molecule has 0 fully saturated rings. The van der Waals surface area contributed by atoms with Crippen LogP contribution in [0.4, 0.5) is 0 Å². The molecule has 1 heterocycles. The highest BCUT2D eigenvalue weighted by molar-refractivity contribution is 6.07. The van der Waals surface area contributed by atoms with Crippen LogP contribution in [0.15, 0.2) is 36.5 Å². The van der Waals surface area contributed by atoms with Crippen molar-refractivity contribution < 1.29 is 19.5 Å². The number of hydrogen-bond donors (Lipinski definition) is 3. The third-order valence-corrected chi connectivity index (χ3v) is 2.92. The van der Waals surface area contributed by atoms with Crippen molar-refractivity contribution in [3.63, 3.8) is 0 Å². The molecule has 2 amide bonds. The Hall–Kier alpha value is -2.96. The Kier molecular flexibility index (Phi) is 4.13. The minimum Gasteiger partial charge on any atom is -0.481 e. The normalized spacial score (nSPS) is 11.8. The van der Waals surface area contributed by atoms with E-state index in [-0.39, 0.29) is 0 Å². The van der Waals surface area contributed by atoms with E-state index in [2.05, 4.69) is 10.3 Å². The smallest absolute Gasteiger partial charge is 0.305 e. The van der Waals surface area contributed by atoms with E-state index in [9.17, 15) is 14.4 Å². The predicted molar refractivity (Wildman–Crippen MR) is 74.4 cm³/mol. The fraction of sp³-hybridized carbons (Fsp3) is 0.143. The van der Waals surface area contributed by atoms with Crippen LogP contribution < -0.4 is 11.1 Å². The second kappa shape index (κ2) is 6.00. The summed E-state index contributed by atoms with van der Waals surface area (Å²) >= 11 is 0. The Morgan fingerprint density at radius 2 is 1.95 bits per heavy atom. The van der Waals surface area contributed by atoms with Crippen LogP contribution in [0, 0.1) is 0 Å². The topological polar surface area (TPSA) is 122 Å². The van der Waals surface area contributed by atoms with Gasteiger partial charge in [-0.3, -0.25) is 19.4 Å². The number of pyridine rings is 1. The number of carboxylic acid groups (broad SMARTS) is 1. The minimum atomic E-state index is -1.26. The number of nitrogens with zero attached hydrogens (tertiary/aromatic N) is 1. The van der Waals surface area contributed by atoms with Crippen molar-refractivity contribution in [3.05, 3.63) is 42.1 Å². The van der Waals surface area contributed by atoms with E-state index in [4.69, 9.17) is 10.8 Å². The first-order valence-electron chi connectivity index (χ1n) is 6.14. The van der Waals surface area contributed by atoms with Gasteiger partial charge >= 0.3 is 5.97 Å². The van der Waals surface area contributed by atoms with E-state index in [0.717, 1.165) is 0 Å². The molecule has 1 aromatic carbocycles. The lowest BCUT2D eigenvalue weighted by Crippen LogP contribution is -2.45. The zero-order valence-corrected chi connectivity index (χ0v) is 10.9. The van der Waals surface area contributed by atoms with Gasteiger partial charge in [0.05, 0.1) is 17.5 Å². The molecule has 0 bridgehead atoms. The number of aliphatic carboxylic acids is 1. The number of benzene rings is 1. The molecule has 1 atom stereocenters. The van der Waals surface area contributed by atoms with Gasteiger partial charge in [-0.25, -0.2) is 0 Å². The van der Waals surface area contributed by atoms with Gasteiger partial charge < -0.3 is 16.2 Å². The molecular weight excluding hydrogens is 274 g/mol. The van der Waals surface area contributed by atoms with Crippen molar-refractivity contribution in [2.24, 2.45) is 5.73 Å². The lowest BCUT2D eigenvalue weighted by atomic mass is 10.1. The largest absolute Gasteiger partial charge is 0.481 e. The van der Waals surface area contributed by atoms with Crippen LogP contribution in [-0.4, -0.2) is 33.9 Å². The number of carbonyl (C=O) groups is 3. The molecular formula is C14H13N3O4. The standard InChI is InChI=1S/C14H13N3O4/c15-13(20)11(7-12(18)19)17-14(21)9-5-6-16-10-4-2-1-3-8(9)10/h1-6,11H,7H2,(H2,15,20)(H,17,21)(H,18,19)/t11-/m1/s1. The van der Waals surface area contributed by atoms with Crippen molar-refractivity contribution in [2.45, 2.75) is 12.5 Å². The number of rotatable bonds is 5. The van der Waals surface area contributed by atoms with Crippen LogP contribution in [0.25, 0.3) is 10.9 Å². The number of primary amides is 1. The van der Waals surface area contributed by atoms with Crippen molar-refractivity contribution >= 4 is 28.7 Å². The summed E-state index contributed by atoms with van der Waals surface area (Å²) in [6.07, 6.45) is 0.901. The number of carboxylic acids is 1. The molecule has 7 nitrogen and oxygen atoms in total. The molecule has 108 valence electrons. The highest BCUT2D eigenvalue weighted by Crippen LogP contribution is 2.16. The fourth-order valence-corrected chi connectivity index (χ4v) is 1.93. The monoisotopic (exact) mass is 287 g/mol. The average molecular weight is 287 g/mol. The summed E-state index contributed by atoms with van der Waals surface area (Å²) in [5, 5.41) is 11.7. The molecule has 0 radical (unpaired) electrons. The van der Waals surface area contributed by atoms with Gasteiger partial charge in [0.15, 0.2) is 0 Å². The van der Waals surface area contributed by atoms with E-state index in [1.807, 2.05) is 0 Å². The second-order valence-electron chi connectivity index (χ2n) is 4.40.